The first-order valence-corrected chi connectivity index (χ1v) is 6.37. The Balaban J connectivity index is 1.87. The molecule has 0 N–H and O–H groups in total. The number of alkyl halides is 1. The number of nitrogens with zero attached hydrogens (tertiary/aromatic N) is 2. The van der Waals surface area contributed by atoms with E-state index in [2.05, 4.69) is 9.88 Å². The number of thiazole rings is 1. The van der Waals surface area contributed by atoms with Gasteiger partial charge >= 0.3 is 0 Å². The van der Waals surface area contributed by atoms with Gasteiger partial charge in [0.05, 0.1) is 24.0 Å². The molecule has 1 aromatic carbocycles. The molecular formula is C12H13FN2OS. The maximum Gasteiger partial charge on any atom is 0.186 e. The highest BCUT2D eigenvalue weighted by atomic mass is 32.1. The van der Waals surface area contributed by atoms with Crippen LogP contribution in [0.1, 0.15) is 0 Å². The minimum atomic E-state index is -0.227. The SMILES string of the molecule is COc1ccc2sc(N3CC(CF)C3)nc2c1. The molecule has 1 aliphatic rings. The van der Waals surface area contributed by atoms with Gasteiger partial charge in [0.25, 0.3) is 0 Å². The van der Waals surface area contributed by atoms with E-state index in [-0.39, 0.29) is 12.6 Å². The van der Waals surface area contributed by atoms with E-state index in [1.165, 1.54) is 0 Å². The lowest BCUT2D eigenvalue weighted by Crippen LogP contribution is -2.47. The summed E-state index contributed by atoms with van der Waals surface area (Å²) in [6.07, 6.45) is 0. The summed E-state index contributed by atoms with van der Waals surface area (Å²) in [6, 6.07) is 5.88. The Bertz CT molecular complexity index is 536. The van der Waals surface area contributed by atoms with Crippen molar-refractivity contribution in [3.05, 3.63) is 18.2 Å². The van der Waals surface area contributed by atoms with Crippen LogP contribution in [-0.4, -0.2) is 31.9 Å². The number of anilines is 1. The molecule has 0 amide bonds. The highest BCUT2D eigenvalue weighted by Crippen LogP contribution is 2.34. The number of ether oxygens (including phenoxy) is 1. The summed E-state index contributed by atoms with van der Waals surface area (Å²) >= 11 is 1.65. The maximum atomic E-state index is 12.4. The van der Waals surface area contributed by atoms with Crippen LogP contribution in [0.2, 0.25) is 0 Å². The Morgan fingerprint density at radius 3 is 3.06 bits per heavy atom. The lowest BCUT2D eigenvalue weighted by atomic mass is 10.0. The van der Waals surface area contributed by atoms with Crippen molar-refractivity contribution in [2.75, 3.05) is 31.8 Å². The molecule has 2 aromatic rings. The molecule has 0 unspecified atom stereocenters. The Morgan fingerprint density at radius 2 is 2.35 bits per heavy atom. The van der Waals surface area contributed by atoms with E-state index in [4.69, 9.17) is 4.74 Å². The second kappa shape index (κ2) is 4.14. The zero-order valence-electron chi connectivity index (χ0n) is 9.52. The molecule has 5 heteroatoms. The minimum Gasteiger partial charge on any atom is -0.497 e. The normalized spacial score (nSPS) is 16.2. The second-order valence-electron chi connectivity index (χ2n) is 4.26. The first-order valence-electron chi connectivity index (χ1n) is 5.55. The topological polar surface area (TPSA) is 25.4 Å². The average molecular weight is 252 g/mol. The summed E-state index contributed by atoms with van der Waals surface area (Å²) in [5, 5.41) is 0.984. The number of methoxy groups -OCH3 is 1. The molecule has 3 nitrogen and oxygen atoms in total. The summed E-state index contributed by atoms with van der Waals surface area (Å²) in [6.45, 7) is 1.34. The number of hydrogen-bond donors (Lipinski definition) is 0. The standard InChI is InChI=1S/C12H13FN2OS/c1-16-9-2-3-11-10(4-9)14-12(17-11)15-6-8(5-13)7-15/h2-4,8H,5-7H2,1H3. The van der Waals surface area contributed by atoms with Crippen LogP contribution in [0.25, 0.3) is 10.2 Å². The molecule has 1 fully saturated rings. The number of halogens is 1. The average Bonchev–Trinajstić information content (AvgIpc) is 2.69. The van der Waals surface area contributed by atoms with Gasteiger partial charge < -0.3 is 9.64 Å². The molecule has 0 radical (unpaired) electrons. The first kappa shape index (κ1) is 10.8. The third kappa shape index (κ3) is 1.84. The third-order valence-electron chi connectivity index (χ3n) is 3.03. The fraction of sp³-hybridized carbons (Fsp3) is 0.417. The monoisotopic (exact) mass is 252 g/mol. The molecule has 0 spiro atoms. The van der Waals surface area contributed by atoms with Gasteiger partial charge in [-0.3, -0.25) is 4.39 Å². The van der Waals surface area contributed by atoms with Gasteiger partial charge in [-0.05, 0) is 12.1 Å². The van der Waals surface area contributed by atoms with Gasteiger partial charge in [-0.15, -0.1) is 0 Å². The summed E-state index contributed by atoms with van der Waals surface area (Å²) in [5.74, 6) is 1.01. The van der Waals surface area contributed by atoms with Gasteiger partial charge in [-0.25, -0.2) is 4.98 Å². The number of benzene rings is 1. The van der Waals surface area contributed by atoms with Crippen LogP contribution < -0.4 is 9.64 Å². The molecule has 1 saturated heterocycles. The van der Waals surface area contributed by atoms with Crippen LogP contribution in [0.4, 0.5) is 9.52 Å². The molecule has 2 heterocycles. The number of rotatable bonds is 3. The van der Waals surface area contributed by atoms with Crippen molar-refractivity contribution in [3.8, 4) is 5.75 Å². The molecule has 1 aromatic heterocycles. The lowest BCUT2D eigenvalue weighted by Gasteiger charge is -2.37. The van der Waals surface area contributed by atoms with E-state index < -0.39 is 0 Å². The number of aromatic nitrogens is 1. The van der Waals surface area contributed by atoms with Crippen LogP contribution in [0.3, 0.4) is 0 Å². The predicted molar refractivity (Wildman–Crippen MR) is 67.9 cm³/mol. The fourth-order valence-corrected chi connectivity index (χ4v) is 2.95. The van der Waals surface area contributed by atoms with Crippen molar-refractivity contribution >= 4 is 26.7 Å². The Kier molecular flexibility index (Phi) is 2.63. The molecule has 0 aliphatic carbocycles. The van der Waals surface area contributed by atoms with Crippen molar-refractivity contribution in [3.63, 3.8) is 0 Å². The van der Waals surface area contributed by atoms with Crippen LogP contribution in [-0.2, 0) is 0 Å². The van der Waals surface area contributed by atoms with Crippen LogP contribution in [0.5, 0.6) is 5.75 Å². The Labute approximate surface area is 103 Å². The van der Waals surface area contributed by atoms with Crippen LogP contribution in [0.15, 0.2) is 18.2 Å². The van der Waals surface area contributed by atoms with Crippen molar-refractivity contribution in [2.24, 2.45) is 5.92 Å². The van der Waals surface area contributed by atoms with E-state index in [0.717, 1.165) is 34.2 Å². The molecule has 0 bridgehead atoms. The van der Waals surface area contributed by atoms with Gasteiger partial charge in [0.1, 0.15) is 5.75 Å². The van der Waals surface area contributed by atoms with Gasteiger partial charge in [0.2, 0.25) is 0 Å². The van der Waals surface area contributed by atoms with Crippen molar-refractivity contribution in [2.45, 2.75) is 0 Å². The van der Waals surface area contributed by atoms with Gasteiger partial charge in [0, 0.05) is 25.1 Å². The van der Waals surface area contributed by atoms with E-state index in [9.17, 15) is 4.39 Å². The van der Waals surface area contributed by atoms with Gasteiger partial charge in [-0.1, -0.05) is 11.3 Å². The largest absolute Gasteiger partial charge is 0.497 e. The molecule has 17 heavy (non-hydrogen) atoms. The van der Waals surface area contributed by atoms with Crippen LogP contribution >= 0.6 is 11.3 Å². The molecular weight excluding hydrogens is 239 g/mol. The molecule has 1 aliphatic heterocycles. The maximum absolute atomic E-state index is 12.4. The zero-order valence-corrected chi connectivity index (χ0v) is 10.3. The van der Waals surface area contributed by atoms with E-state index in [1.807, 2.05) is 18.2 Å². The van der Waals surface area contributed by atoms with Crippen molar-refractivity contribution < 1.29 is 9.13 Å². The summed E-state index contributed by atoms with van der Waals surface area (Å²) in [5.41, 5.74) is 0.952. The van der Waals surface area contributed by atoms with E-state index in [1.54, 1.807) is 18.4 Å². The third-order valence-corrected chi connectivity index (χ3v) is 4.13. The highest BCUT2D eigenvalue weighted by Gasteiger charge is 2.28. The van der Waals surface area contributed by atoms with E-state index in [0.29, 0.717) is 0 Å². The van der Waals surface area contributed by atoms with Gasteiger partial charge in [-0.2, -0.15) is 0 Å². The number of hydrogen-bond acceptors (Lipinski definition) is 4. The first-order chi connectivity index (χ1) is 8.30. The second-order valence-corrected chi connectivity index (χ2v) is 5.26. The zero-order chi connectivity index (χ0) is 11.8. The number of fused-ring (bicyclic) bond motifs is 1. The molecule has 0 saturated carbocycles. The molecule has 3 rings (SSSR count). The summed E-state index contributed by atoms with van der Waals surface area (Å²) in [7, 11) is 1.65. The Morgan fingerprint density at radius 1 is 1.53 bits per heavy atom. The molecule has 0 atom stereocenters. The summed E-state index contributed by atoms with van der Waals surface area (Å²) in [4.78, 5) is 6.68. The quantitative estimate of drug-likeness (QED) is 0.840. The minimum absolute atomic E-state index is 0.191. The fourth-order valence-electron chi connectivity index (χ4n) is 1.98. The summed E-state index contributed by atoms with van der Waals surface area (Å²) < 4.78 is 18.7. The van der Waals surface area contributed by atoms with Crippen LogP contribution in [0, 0.1) is 5.92 Å². The van der Waals surface area contributed by atoms with Crippen molar-refractivity contribution in [1.29, 1.82) is 0 Å². The van der Waals surface area contributed by atoms with Gasteiger partial charge in [0.15, 0.2) is 5.13 Å². The van der Waals surface area contributed by atoms with E-state index >= 15 is 0 Å². The smallest absolute Gasteiger partial charge is 0.186 e. The predicted octanol–water partition coefficient (Wildman–Crippen LogP) is 2.71. The van der Waals surface area contributed by atoms with Crippen molar-refractivity contribution in [1.82, 2.24) is 4.98 Å². The lowest BCUT2D eigenvalue weighted by molar-refractivity contribution is 0.306. The molecule has 90 valence electrons. The highest BCUT2D eigenvalue weighted by molar-refractivity contribution is 7.22. The Hall–Kier alpha value is -1.36.